The Hall–Kier alpha value is -1.55. The molecular formula is C9H9ClFN3O5S2. The Morgan fingerprint density at radius 1 is 1.33 bits per heavy atom. The predicted molar refractivity (Wildman–Crippen MR) is 72.5 cm³/mol. The highest BCUT2D eigenvalue weighted by molar-refractivity contribution is 8.13. The standard InChI is InChI=1S/C9H9ClFN3O5S2/c1-5-7(4-13-14-12)3-8(20(10,15)16)6(2)9(5)19-21(11,17)18/h3H,4H2,1-2H3. The first-order valence-corrected chi connectivity index (χ1v) is 8.82. The van der Waals surface area contributed by atoms with Crippen molar-refractivity contribution in [3.05, 3.63) is 33.2 Å². The highest BCUT2D eigenvalue weighted by Crippen LogP contribution is 2.35. The van der Waals surface area contributed by atoms with Crippen molar-refractivity contribution in [2.24, 2.45) is 5.11 Å². The van der Waals surface area contributed by atoms with E-state index in [4.69, 9.17) is 16.2 Å². The van der Waals surface area contributed by atoms with E-state index in [0.717, 1.165) is 6.07 Å². The molecule has 12 heteroatoms. The van der Waals surface area contributed by atoms with Gasteiger partial charge in [0.25, 0.3) is 9.05 Å². The Labute approximate surface area is 125 Å². The third-order valence-corrected chi connectivity index (χ3v) is 4.40. The molecule has 0 saturated heterocycles. The number of hydrogen-bond donors (Lipinski definition) is 0. The van der Waals surface area contributed by atoms with E-state index in [1.807, 2.05) is 0 Å². The summed E-state index contributed by atoms with van der Waals surface area (Å²) in [4.78, 5) is 2.04. The molecule has 0 aliphatic heterocycles. The molecule has 0 radical (unpaired) electrons. The van der Waals surface area contributed by atoms with Crippen LogP contribution in [-0.2, 0) is 26.1 Å². The highest BCUT2D eigenvalue weighted by Gasteiger charge is 2.24. The van der Waals surface area contributed by atoms with Crippen molar-refractivity contribution in [2.75, 3.05) is 0 Å². The van der Waals surface area contributed by atoms with Crippen LogP contribution in [0.5, 0.6) is 5.75 Å². The van der Waals surface area contributed by atoms with Crippen molar-refractivity contribution in [3.63, 3.8) is 0 Å². The molecule has 8 nitrogen and oxygen atoms in total. The van der Waals surface area contributed by atoms with E-state index in [1.165, 1.54) is 13.8 Å². The summed E-state index contributed by atoms with van der Waals surface area (Å²) >= 11 is 0. The Balaban J connectivity index is 3.72. The van der Waals surface area contributed by atoms with E-state index in [2.05, 4.69) is 14.2 Å². The van der Waals surface area contributed by atoms with Gasteiger partial charge >= 0.3 is 10.5 Å². The second kappa shape index (κ2) is 6.06. The maximum Gasteiger partial charge on any atom is 0.488 e. The molecule has 0 aliphatic carbocycles. The first kappa shape index (κ1) is 17.5. The zero-order valence-electron chi connectivity index (χ0n) is 10.7. The fourth-order valence-corrected chi connectivity index (χ4v) is 3.33. The smallest absolute Gasteiger partial charge is 0.358 e. The Bertz CT molecular complexity index is 831. The number of nitrogens with zero attached hydrogens (tertiary/aromatic N) is 3. The fraction of sp³-hybridized carbons (Fsp3) is 0.333. The predicted octanol–water partition coefficient (Wildman–Crippen LogP) is 2.63. The minimum atomic E-state index is -5.36. The largest absolute Gasteiger partial charge is 0.488 e. The van der Waals surface area contributed by atoms with Gasteiger partial charge in [0.2, 0.25) is 0 Å². The first-order valence-electron chi connectivity index (χ1n) is 5.20. The molecule has 0 atom stereocenters. The average Bonchev–Trinajstić information content (AvgIpc) is 2.31. The van der Waals surface area contributed by atoms with Gasteiger partial charge in [0.1, 0.15) is 0 Å². The van der Waals surface area contributed by atoms with Crippen molar-refractivity contribution >= 4 is 30.2 Å². The third-order valence-electron chi connectivity index (χ3n) is 2.59. The van der Waals surface area contributed by atoms with Gasteiger partial charge in [-0.3, -0.25) is 0 Å². The minimum absolute atomic E-state index is 0.116. The molecule has 0 saturated carbocycles. The Kier molecular flexibility index (Phi) is 5.05. The van der Waals surface area contributed by atoms with Crippen molar-refractivity contribution in [1.29, 1.82) is 0 Å². The zero-order valence-corrected chi connectivity index (χ0v) is 13.1. The van der Waals surface area contributed by atoms with E-state index in [0.29, 0.717) is 0 Å². The quantitative estimate of drug-likeness (QED) is 0.346. The summed E-state index contributed by atoms with van der Waals surface area (Å²) in [6, 6.07) is 1.11. The molecule has 0 heterocycles. The van der Waals surface area contributed by atoms with Crippen LogP contribution in [0.15, 0.2) is 16.1 Å². The summed E-state index contributed by atoms with van der Waals surface area (Å²) in [5.74, 6) is -0.512. The van der Waals surface area contributed by atoms with E-state index in [9.17, 15) is 20.7 Å². The first-order chi connectivity index (χ1) is 9.47. The SMILES string of the molecule is Cc1c(CN=[N+]=[N-])cc(S(=O)(=O)Cl)c(C)c1OS(=O)(=O)F. The van der Waals surface area contributed by atoms with Gasteiger partial charge in [0.05, 0.1) is 11.4 Å². The lowest BCUT2D eigenvalue weighted by molar-refractivity contribution is 0.435. The number of hydrogen-bond acceptors (Lipinski definition) is 6. The van der Waals surface area contributed by atoms with E-state index in [1.54, 1.807) is 0 Å². The van der Waals surface area contributed by atoms with Crippen LogP contribution in [0.2, 0.25) is 0 Å². The van der Waals surface area contributed by atoms with Gasteiger partial charge in [-0.1, -0.05) is 9.00 Å². The van der Waals surface area contributed by atoms with Gasteiger partial charge in [-0.15, -0.1) is 0 Å². The molecule has 0 amide bonds. The van der Waals surface area contributed by atoms with Gasteiger partial charge in [-0.25, -0.2) is 8.42 Å². The molecule has 116 valence electrons. The molecule has 21 heavy (non-hydrogen) atoms. The molecule has 0 aromatic heterocycles. The van der Waals surface area contributed by atoms with Crippen LogP contribution < -0.4 is 4.18 Å². The van der Waals surface area contributed by atoms with E-state index >= 15 is 0 Å². The van der Waals surface area contributed by atoms with Crippen molar-refractivity contribution < 1.29 is 24.9 Å². The van der Waals surface area contributed by atoms with Gasteiger partial charge in [-0.2, -0.15) is 8.42 Å². The van der Waals surface area contributed by atoms with Crippen LogP contribution in [-0.4, -0.2) is 16.8 Å². The number of rotatable bonds is 5. The van der Waals surface area contributed by atoms with Gasteiger partial charge < -0.3 is 4.18 Å². The topological polar surface area (TPSA) is 126 Å². The number of halogens is 2. The maximum atomic E-state index is 12.7. The molecule has 1 rings (SSSR count). The number of benzene rings is 1. The van der Waals surface area contributed by atoms with Crippen LogP contribution in [0.1, 0.15) is 16.7 Å². The molecule has 0 spiro atoms. The summed E-state index contributed by atoms with van der Waals surface area (Å²) in [6.45, 7) is 2.28. The van der Waals surface area contributed by atoms with Crippen LogP contribution in [0.4, 0.5) is 3.89 Å². The maximum absolute atomic E-state index is 12.7. The minimum Gasteiger partial charge on any atom is -0.358 e. The third kappa shape index (κ3) is 4.46. The average molecular weight is 358 g/mol. The molecule has 0 aliphatic rings. The lowest BCUT2D eigenvalue weighted by Gasteiger charge is -2.14. The van der Waals surface area contributed by atoms with Gasteiger partial charge in [0, 0.05) is 21.2 Å². The molecule has 0 unspecified atom stereocenters. The normalized spacial score (nSPS) is 11.8. The van der Waals surface area contributed by atoms with Crippen molar-refractivity contribution in [1.82, 2.24) is 0 Å². The molecular weight excluding hydrogens is 349 g/mol. The second-order valence-corrected chi connectivity index (χ2v) is 7.40. The second-order valence-electron chi connectivity index (χ2n) is 3.92. The summed E-state index contributed by atoms with van der Waals surface area (Å²) in [5, 5.41) is 3.24. The van der Waals surface area contributed by atoms with Crippen LogP contribution in [0.3, 0.4) is 0 Å². The Morgan fingerprint density at radius 2 is 1.90 bits per heavy atom. The Morgan fingerprint density at radius 3 is 2.33 bits per heavy atom. The van der Waals surface area contributed by atoms with Crippen molar-refractivity contribution in [3.8, 4) is 5.75 Å². The molecule has 0 N–H and O–H groups in total. The summed E-state index contributed by atoms with van der Waals surface area (Å²) in [6.07, 6.45) is 0. The molecule has 1 aromatic rings. The summed E-state index contributed by atoms with van der Waals surface area (Å²) in [5.41, 5.74) is 8.36. The van der Waals surface area contributed by atoms with Gasteiger partial charge in [-0.05, 0) is 36.6 Å². The summed E-state index contributed by atoms with van der Waals surface area (Å²) in [7, 11) is -4.36. The van der Waals surface area contributed by atoms with Crippen LogP contribution in [0, 0.1) is 13.8 Å². The lowest BCUT2D eigenvalue weighted by atomic mass is 10.0. The lowest BCUT2D eigenvalue weighted by Crippen LogP contribution is -2.08. The molecule has 0 bridgehead atoms. The van der Waals surface area contributed by atoms with E-state index in [-0.39, 0.29) is 23.2 Å². The fourth-order valence-electron chi connectivity index (χ4n) is 1.66. The van der Waals surface area contributed by atoms with Crippen LogP contribution >= 0.6 is 10.7 Å². The molecule has 0 fully saturated rings. The highest BCUT2D eigenvalue weighted by atomic mass is 35.7. The van der Waals surface area contributed by atoms with Crippen molar-refractivity contribution in [2.45, 2.75) is 25.3 Å². The van der Waals surface area contributed by atoms with Gasteiger partial charge in [0.15, 0.2) is 5.75 Å². The zero-order chi connectivity index (χ0) is 16.4. The molecule has 1 aromatic carbocycles. The monoisotopic (exact) mass is 357 g/mol. The van der Waals surface area contributed by atoms with E-state index < -0.39 is 30.2 Å². The number of azide groups is 1. The van der Waals surface area contributed by atoms with Crippen LogP contribution in [0.25, 0.3) is 10.4 Å². The summed E-state index contributed by atoms with van der Waals surface area (Å²) < 4.78 is 61.1.